The van der Waals surface area contributed by atoms with E-state index in [0.717, 1.165) is 36.8 Å². The van der Waals surface area contributed by atoms with E-state index in [1.165, 1.54) is 0 Å². The number of hydrogen-bond donors (Lipinski definition) is 1. The van der Waals surface area contributed by atoms with E-state index >= 15 is 0 Å². The third kappa shape index (κ3) is 3.28. The summed E-state index contributed by atoms with van der Waals surface area (Å²) < 4.78 is 0. The Hall–Kier alpha value is -1.06. The number of aryl methyl sites for hydroxylation is 1. The zero-order valence-corrected chi connectivity index (χ0v) is 12.3. The molecule has 1 saturated carbocycles. The molecule has 2 rings (SSSR count). The molecule has 2 N–H and O–H groups in total. The van der Waals surface area contributed by atoms with Crippen molar-refractivity contribution in [1.82, 2.24) is 4.90 Å². The van der Waals surface area contributed by atoms with Crippen LogP contribution in [-0.2, 0) is 0 Å². The Kier molecular flexibility index (Phi) is 4.48. The van der Waals surface area contributed by atoms with E-state index in [9.17, 15) is 4.79 Å². The summed E-state index contributed by atoms with van der Waals surface area (Å²) in [6, 6.07) is 6.02. The van der Waals surface area contributed by atoms with Gasteiger partial charge in [0.25, 0.3) is 5.91 Å². The maximum absolute atomic E-state index is 12.5. The van der Waals surface area contributed by atoms with Gasteiger partial charge in [-0.05, 0) is 56.4 Å². The summed E-state index contributed by atoms with van der Waals surface area (Å²) in [5, 5.41) is 0.667. The summed E-state index contributed by atoms with van der Waals surface area (Å²) in [6.45, 7) is 1.92. The Bertz CT molecular complexity index is 467. The van der Waals surface area contributed by atoms with Crippen molar-refractivity contribution in [3.63, 3.8) is 0 Å². The average molecular weight is 281 g/mol. The number of carbonyl (C=O) groups is 1. The first kappa shape index (κ1) is 14.4. The van der Waals surface area contributed by atoms with E-state index in [0.29, 0.717) is 17.1 Å². The number of amides is 1. The van der Waals surface area contributed by atoms with Crippen LogP contribution in [0.5, 0.6) is 0 Å². The van der Waals surface area contributed by atoms with Gasteiger partial charge in [0, 0.05) is 29.7 Å². The van der Waals surface area contributed by atoms with E-state index in [-0.39, 0.29) is 5.91 Å². The van der Waals surface area contributed by atoms with Crippen LogP contribution in [-0.4, -0.2) is 29.9 Å². The minimum Gasteiger partial charge on any atom is -0.339 e. The van der Waals surface area contributed by atoms with Gasteiger partial charge >= 0.3 is 0 Å². The minimum absolute atomic E-state index is 0.0784. The van der Waals surface area contributed by atoms with E-state index in [1.807, 2.05) is 31.0 Å². The highest BCUT2D eigenvalue weighted by Crippen LogP contribution is 2.24. The molecule has 19 heavy (non-hydrogen) atoms. The number of benzene rings is 1. The molecule has 1 amide bonds. The molecular weight excluding hydrogens is 260 g/mol. The predicted octanol–water partition coefficient (Wildman–Crippen LogP) is 2.99. The number of halogens is 1. The smallest absolute Gasteiger partial charge is 0.254 e. The number of hydrogen-bond acceptors (Lipinski definition) is 2. The van der Waals surface area contributed by atoms with E-state index in [1.54, 1.807) is 6.07 Å². The molecule has 1 aromatic rings. The Balaban J connectivity index is 2.10. The predicted molar refractivity (Wildman–Crippen MR) is 78.5 cm³/mol. The maximum atomic E-state index is 12.5. The molecule has 1 aliphatic carbocycles. The zero-order chi connectivity index (χ0) is 14.0. The normalized spacial score (nSPS) is 23.2. The standard InChI is InChI=1S/C15H21ClN2O/c1-10-9-11(16)3-8-14(10)15(19)18(2)13-6-4-12(17)5-7-13/h3,8-9,12-13H,4-7,17H2,1-2H3. The Morgan fingerprint density at radius 3 is 2.53 bits per heavy atom. The van der Waals surface area contributed by atoms with Crippen LogP contribution in [0.1, 0.15) is 41.6 Å². The lowest BCUT2D eigenvalue weighted by Gasteiger charge is -2.33. The summed E-state index contributed by atoms with van der Waals surface area (Å²) in [6.07, 6.45) is 4.00. The van der Waals surface area contributed by atoms with Gasteiger partial charge in [-0.1, -0.05) is 11.6 Å². The third-order valence-corrected chi connectivity index (χ3v) is 4.26. The van der Waals surface area contributed by atoms with Crippen molar-refractivity contribution in [2.45, 2.75) is 44.7 Å². The van der Waals surface area contributed by atoms with Crippen molar-refractivity contribution in [2.75, 3.05) is 7.05 Å². The van der Waals surface area contributed by atoms with Gasteiger partial charge in [0.15, 0.2) is 0 Å². The van der Waals surface area contributed by atoms with Gasteiger partial charge in [-0.3, -0.25) is 4.79 Å². The van der Waals surface area contributed by atoms with Crippen LogP contribution >= 0.6 is 11.6 Å². The molecule has 1 fully saturated rings. The molecule has 1 aromatic carbocycles. The number of carbonyl (C=O) groups excluding carboxylic acids is 1. The summed E-state index contributed by atoms with van der Waals surface area (Å²) in [7, 11) is 1.89. The lowest BCUT2D eigenvalue weighted by molar-refractivity contribution is 0.0689. The molecule has 0 spiro atoms. The summed E-state index contributed by atoms with van der Waals surface area (Å²) in [5.41, 5.74) is 7.57. The SMILES string of the molecule is Cc1cc(Cl)ccc1C(=O)N(C)C1CCC(N)CC1. The van der Waals surface area contributed by atoms with Crippen LogP contribution in [0.3, 0.4) is 0 Å². The van der Waals surface area contributed by atoms with Gasteiger partial charge in [0.05, 0.1) is 0 Å². The monoisotopic (exact) mass is 280 g/mol. The summed E-state index contributed by atoms with van der Waals surface area (Å²) in [5.74, 6) is 0.0784. The fourth-order valence-corrected chi connectivity index (χ4v) is 2.94. The van der Waals surface area contributed by atoms with Crippen LogP contribution in [0.15, 0.2) is 18.2 Å². The highest BCUT2D eigenvalue weighted by Gasteiger charge is 2.26. The molecule has 104 valence electrons. The summed E-state index contributed by atoms with van der Waals surface area (Å²) >= 11 is 5.93. The lowest BCUT2D eigenvalue weighted by Crippen LogP contribution is -2.42. The van der Waals surface area contributed by atoms with Gasteiger partial charge < -0.3 is 10.6 Å². The average Bonchev–Trinajstić information content (AvgIpc) is 2.38. The molecule has 0 radical (unpaired) electrons. The molecule has 0 aliphatic heterocycles. The lowest BCUT2D eigenvalue weighted by atomic mass is 9.90. The Morgan fingerprint density at radius 2 is 1.95 bits per heavy atom. The van der Waals surface area contributed by atoms with Crippen molar-refractivity contribution < 1.29 is 4.79 Å². The van der Waals surface area contributed by atoms with Crippen LogP contribution in [0.2, 0.25) is 5.02 Å². The first-order chi connectivity index (χ1) is 8.99. The molecular formula is C15H21ClN2O. The quantitative estimate of drug-likeness (QED) is 0.905. The van der Waals surface area contributed by atoms with Crippen molar-refractivity contribution in [1.29, 1.82) is 0 Å². The number of nitrogens with zero attached hydrogens (tertiary/aromatic N) is 1. The van der Waals surface area contributed by atoms with Crippen LogP contribution in [0, 0.1) is 6.92 Å². The van der Waals surface area contributed by atoms with E-state index in [4.69, 9.17) is 17.3 Å². The molecule has 4 heteroatoms. The van der Waals surface area contributed by atoms with Crippen molar-refractivity contribution >= 4 is 17.5 Å². The molecule has 1 aliphatic rings. The van der Waals surface area contributed by atoms with Crippen molar-refractivity contribution in [3.8, 4) is 0 Å². The topological polar surface area (TPSA) is 46.3 Å². The van der Waals surface area contributed by atoms with Crippen molar-refractivity contribution in [2.24, 2.45) is 5.73 Å². The van der Waals surface area contributed by atoms with Gasteiger partial charge in [-0.2, -0.15) is 0 Å². The van der Waals surface area contributed by atoms with Gasteiger partial charge in [0.1, 0.15) is 0 Å². The zero-order valence-electron chi connectivity index (χ0n) is 11.5. The van der Waals surface area contributed by atoms with Gasteiger partial charge in [-0.15, -0.1) is 0 Å². The summed E-state index contributed by atoms with van der Waals surface area (Å²) in [4.78, 5) is 14.4. The van der Waals surface area contributed by atoms with Gasteiger partial charge in [0.2, 0.25) is 0 Å². The molecule has 3 nitrogen and oxygen atoms in total. The second-order valence-corrected chi connectivity index (χ2v) is 5.88. The highest BCUT2D eigenvalue weighted by molar-refractivity contribution is 6.30. The molecule has 0 atom stereocenters. The number of rotatable bonds is 2. The second kappa shape index (κ2) is 5.93. The van der Waals surface area contributed by atoms with Crippen molar-refractivity contribution in [3.05, 3.63) is 34.3 Å². The Labute approximate surface area is 119 Å². The van der Waals surface area contributed by atoms with Gasteiger partial charge in [-0.25, -0.2) is 0 Å². The maximum Gasteiger partial charge on any atom is 0.254 e. The molecule has 0 bridgehead atoms. The molecule has 0 aromatic heterocycles. The van der Waals surface area contributed by atoms with Crippen LogP contribution < -0.4 is 5.73 Å². The first-order valence-corrected chi connectivity index (χ1v) is 7.15. The molecule has 0 saturated heterocycles. The Morgan fingerprint density at radius 1 is 1.32 bits per heavy atom. The second-order valence-electron chi connectivity index (χ2n) is 5.44. The number of nitrogens with two attached hydrogens (primary N) is 1. The van der Waals surface area contributed by atoms with E-state index in [2.05, 4.69) is 0 Å². The van der Waals surface area contributed by atoms with E-state index < -0.39 is 0 Å². The van der Waals surface area contributed by atoms with Crippen LogP contribution in [0.4, 0.5) is 0 Å². The fourth-order valence-electron chi connectivity index (χ4n) is 2.71. The first-order valence-electron chi connectivity index (χ1n) is 6.78. The largest absolute Gasteiger partial charge is 0.339 e. The third-order valence-electron chi connectivity index (χ3n) is 4.03. The highest BCUT2D eigenvalue weighted by atomic mass is 35.5. The fraction of sp³-hybridized carbons (Fsp3) is 0.533. The minimum atomic E-state index is 0.0784. The van der Waals surface area contributed by atoms with Crippen LogP contribution in [0.25, 0.3) is 0 Å². The molecule has 0 unspecified atom stereocenters. The molecule has 0 heterocycles.